The number of anilines is 2. The molecule has 5 rings (SSSR count). The van der Waals surface area contributed by atoms with Gasteiger partial charge in [0, 0.05) is 30.3 Å². The zero-order chi connectivity index (χ0) is 25.2. The van der Waals surface area contributed by atoms with E-state index in [4.69, 9.17) is 20.4 Å². The lowest BCUT2D eigenvalue weighted by Crippen LogP contribution is -2.36. The molecule has 9 nitrogen and oxygen atoms in total. The van der Waals surface area contributed by atoms with Crippen molar-refractivity contribution in [3.05, 3.63) is 41.6 Å². The molecular formula is C27H37N7O2. The highest BCUT2D eigenvalue weighted by molar-refractivity contribution is 5.77. The van der Waals surface area contributed by atoms with Gasteiger partial charge in [-0.2, -0.15) is 19.6 Å². The van der Waals surface area contributed by atoms with Crippen molar-refractivity contribution in [2.24, 2.45) is 11.7 Å². The van der Waals surface area contributed by atoms with Crippen molar-refractivity contribution in [1.82, 2.24) is 24.5 Å². The first-order valence-electron chi connectivity index (χ1n) is 13.1. The van der Waals surface area contributed by atoms with Crippen molar-refractivity contribution < 1.29 is 9.53 Å². The molecule has 1 aliphatic carbocycles. The summed E-state index contributed by atoms with van der Waals surface area (Å²) in [4.78, 5) is 23.8. The van der Waals surface area contributed by atoms with Crippen LogP contribution in [-0.2, 0) is 4.79 Å². The number of carbonyl (C=O) groups excluding carboxylic acids is 1. The summed E-state index contributed by atoms with van der Waals surface area (Å²) in [6.07, 6.45) is 7.55. The van der Waals surface area contributed by atoms with Gasteiger partial charge in [0.2, 0.25) is 11.9 Å². The molecule has 1 saturated carbocycles. The quantitative estimate of drug-likeness (QED) is 0.509. The molecule has 0 spiro atoms. The average molecular weight is 492 g/mol. The SMILES string of the molecule is CC(C)c1cnn2c(Nc3ccccc3C3CCCC(C(N)=O)C3)nc(OC3CCN(C)CC3)nc12. The van der Waals surface area contributed by atoms with Crippen LogP contribution in [0.15, 0.2) is 30.5 Å². The van der Waals surface area contributed by atoms with Gasteiger partial charge in [0.25, 0.3) is 0 Å². The number of nitrogens with two attached hydrogens (primary N) is 1. The molecule has 192 valence electrons. The lowest BCUT2D eigenvalue weighted by atomic mass is 9.77. The number of benzene rings is 1. The number of nitrogens with one attached hydrogen (secondary N) is 1. The maximum Gasteiger partial charge on any atom is 0.322 e. The predicted octanol–water partition coefficient (Wildman–Crippen LogP) is 4.22. The number of hydrogen-bond donors (Lipinski definition) is 2. The first kappa shape index (κ1) is 24.5. The Morgan fingerprint density at radius 3 is 2.67 bits per heavy atom. The molecule has 1 amide bonds. The van der Waals surface area contributed by atoms with E-state index >= 15 is 0 Å². The number of fused-ring (bicyclic) bond motifs is 1. The van der Waals surface area contributed by atoms with E-state index in [-0.39, 0.29) is 29.8 Å². The van der Waals surface area contributed by atoms with Gasteiger partial charge >= 0.3 is 6.01 Å². The van der Waals surface area contributed by atoms with Crippen molar-refractivity contribution in [3.8, 4) is 6.01 Å². The molecule has 3 heterocycles. The van der Waals surface area contributed by atoms with E-state index in [0.717, 1.165) is 68.5 Å². The molecule has 0 bridgehead atoms. The molecule has 2 fully saturated rings. The van der Waals surface area contributed by atoms with Gasteiger partial charge in [-0.05, 0) is 62.6 Å². The Kier molecular flexibility index (Phi) is 7.09. The van der Waals surface area contributed by atoms with E-state index in [0.29, 0.717) is 12.0 Å². The van der Waals surface area contributed by atoms with Crippen molar-refractivity contribution in [1.29, 1.82) is 0 Å². The highest BCUT2D eigenvalue weighted by atomic mass is 16.5. The molecule has 1 aromatic carbocycles. The summed E-state index contributed by atoms with van der Waals surface area (Å²) < 4.78 is 8.06. The van der Waals surface area contributed by atoms with Crippen LogP contribution in [0.1, 0.15) is 75.3 Å². The predicted molar refractivity (Wildman–Crippen MR) is 140 cm³/mol. The van der Waals surface area contributed by atoms with Gasteiger partial charge in [-0.15, -0.1) is 0 Å². The molecule has 2 unspecified atom stereocenters. The Morgan fingerprint density at radius 1 is 1.14 bits per heavy atom. The normalized spacial score (nSPS) is 21.7. The molecule has 9 heteroatoms. The number of rotatable bonds is 7. The largest absolute Gasteiger partial charge is 0.460 e. The maximum atomic E-state index is 11.9. The first-order valence-corrected chi connectivity index (χ1v) is 13.1. The number of piperidine rings is 1. The van der Waals surface area contributed by atoms with Crippen molar-refractivity contribution in [3.63, 3.8) is 0 Å². The van der Waals surface area contributed by atoms with Gasteiger partial charge in [0.1, 0.15) is 6.10 Å². The van der Waals surface area contributed by atoms with Crippen LogP contribution in [-0.4, -0.2) is 56.6 Å². The fourth-order valence-corrected chi connectivity index (χ4v) is 5.49. The molecule has 2 aromatic heterocycles. The van der Waals surface area contributed by atoms with E-state index in [1.165, 1.54) is 5.56 Å². The molecule has 2 aliphatic rings. The minimum absolute atomic E-state index is 0.0724. The van der Waals surface area contributed by atoms with Gasteiger partial charge in [-0.25, -0.2) is 0 Å². The lowest BCUT2D eigenvalue weighted by Gasteiger charge is -2.29. The van der Waals surface area contributed by atoms with Crippen LogP contribution in [0.3, 0.4) is 0 Å². The van der Waals surface area contributed by atoms with Gasteiger partial charge in [0.15, 0.2) is 5.65 Å². The maximum absolute atomic E-state index is 11.9. The summed E-state index contributed by atoms with van der Waals surface area (Å²) in [5.41, 5.74) is 9.60. The van der Waals surface area contributed by atoms with Crippen LogP contribution >= 0.6 is 0 Å². The summed E-state index contributed by atoms with van der Waals surface area (Å²) in [6, 6.07) is 8.63. The van der Waals surface area contributed by atoms with Crippen molar-refractivity contribution in [2.45, 2.75) is 70.3 Å². The number of carbonyl (C=O) groups is 1. The number of para-hydroxylation sites is 1. The Balaban J connectivity index is 1.48. The smallest absolute Gasteiger partial charge is 0.322 e. The summed E-state index contributed by atoms with van der Waals surface area (Å²) in [5.74, 6) is 0.829. The number of primary amides is 1. The number of ether oxygens (including phenoxy) is 1. The third kappa shape index (κ3) is 5.16. The van der Waals surface area contributed by atoms with Crippen LogP contribution < -0.4 is 15.8 Å². The van der Waals surface area contributed by atoms with Gasteiger partial charge in [-0.1, -0.05) is 38.5 Å². The van der Waals surface area contributed by atoms with Crippen LogP contribution in [0.2, 0.25) is 0 Å². The number of hydrogen-bond acceptors (Lipinski definition) is 7. The molecule has 36 heavy (non-hydrogen) atoms. The van der Waals surface area contributed by atoms with E-state index in [2.05, 4.69) is 48.3 Å². The van der Waals surface area contributed by atoms with E-state index in [1.807, 2.05) is 18.3 Å². The summed E-state index contributed by atoms with van der Waals surface area (Å²) in [6.45, 7) is 6.28. The fourth-order valence-electron chi connectivity index (χ4n) is 5.49. The van der Waals surface area contributed by atoms with Gasteiger partial charge in [0.05, 0.1) is 6.20 Å². The molecule has 3 aromatic rings. The Hall–Kier alpha value is -3.20. The molecule has 3 N–H and O–H groups in total. The second-order valence-corrected chi connectivity index (χ2v) is 10.6. The van der Waals surface area contributed by atoms with Crippen LogP contribution in [0.4, 0.5) is 11.6 Å². The van der Waals surface area contributed by atoms with Gasteiger partial charge in [-0.3, -0.25) is 4.79 Å². The molecule has 1 aliphatic heterocycles. The standard InChI is InChI=1S/C27H37N7O2/c1-17(2)22-16-29-34-25(22)31-27(36-20-11-13-33(3)14-12-20)32-26(34)30-23-10-5-4-9-21(23)18-7-6-8-19(15-18)24(28)35/h4-5,9-10,16-20H,6-8,11-15H2,1-3H3,(H2,28,35)(H,30,31,32). The minimum atomic E-state index is -0.198. The minimum Gasteiger partial charge on any atom is -0.460 e. The first-order chi connectivity index (χ1) is 17.4. The molecular weight excluding hydrogens is 454 g/mol. The third-order valence-corrected chi connectivity index (χ3v) is 7.66. The Morgan fingerprint density at radius 2 is 1.92 bits per heavy atom. The number of aromatic nitrogens is 4. The van der Waals surface area contributed by atoms with E-state index < -0.39 is 0 Å². The summed E-state index contributed by atoms with van der Waals surface area (Å²) in [7, 11) is 2.14. The summed E-state index contributed by atoms with van der Waals surface area (Å²) >= 11 is 0. The highest BCUT2D eigenvalue weighted by Crippen LogP contribution is 2.40. The zero-order valence-electron chi connectivity index (χ0n) is 21.5. The number of likely N-dealkylation sites (tertiary alicyclic amines) is 1. The molecule has 2 atom stereocenters. The van der Waals surface area contributed by atoms with E-state index in [9.17, 15) is 4.79 Å². The monoisotopic (exact) mass is 491 g/mol. The number of amides is 1. The van der Waals surface area contributed by atoms with Crippen molar-refractivity contribution in [2.75, 3.05) is 25.5 Å². The summed E-state index contributed by atoms with van der Waals surface area (Å²) in [5, 5.41) is 8.16. The highest BCUT2D eigenvalue weighted by Gasteiger charge is 2.28. The Labute approximate surface area is 212 Å². The second kappa shape index (κ2) is 10.4. The topological polar surface area (TPSA) is 111 Å². The Bertz CT molecular complexity index is 1220. The van der Waals surface area contributed by atoms with E-state index in [1.54, 1.807) is 4.52 Å². The van der Waals surface area contributed by atoms with Crippen LogP contribution in [0, 0.1) is 5.92 Å². The molecule has 0 radical (unpaired) electrons. The second-order valence-electron chi connectivity index (χ2n) is 10.6. The molecule has 1 saturated heterocycles. The van der Waals surface area contributed by atoms with Gasteiger partial charge < -0.3 is 20.7 Å². The zero-order valence-corrected chi connectivity index (χ0v) is 21.5. The fraction of sp³-hybridized carbons (Fsp3) is 0.556. The van der Waals surface area contributed by atoms with Crippen molar-refractivity contribution >= 4 is 23.2 Å². The third-order valence-electron chi connectivity index (χ3n) is 7.66. The average Bonchev–Trinajstić information content (AvgIpc) is 3.30. The lowest BCUT2D eigenvalue weighted by molar-refractivity contribution is -0.122. The number of nitrogens with zero attached hydrogens (tertiary/aromatic N) is 5. The van der Waals surface area contributed by atoms with Crippen LogP contribution in [0.25, 0.3) is 5.65 Å². The van der Waals surface area contributed by atoms with Crippen LogP contribution in [0.5, 0.6) is 6.01 Å².